The predicted octanol–water partition coefficient (Wildman–Crippen LogP) is 1.29. The van der Waals surface area contributed by atoms with Crippen molar-refractivity contribution in [3.8, 4) is 0 Å². The number of carboxylic acid groups (broad SMARTS) is 1. The molecule has 1 heterocycles. The van der Waals surface area contributed by atoms with Crippen molar-refractivity contribution in [1.29, 1.82) is 0 Å². The molecular formula is C14H26N2O3. The highest BCUT2D eigenvalue weighted by Gasteiger charge is 2.27. The average Bonchev–Trinajstić information content (AvgIpc) is 2.36. The first-order chi connectivity index (χ1) is 8.90. The zero-order valence-corrected chi connectivity index (χ0v) is 12.3. The van der Waals surface area contributed by atoms with Crippen LogP contribution < -0.4 is 0 Å². The Labute approximate surface area is 115 Å². The first-order valence-corrected chi connectivity index (χ1v) is 7.09. The molecule has 1 fully saturated rings. The molecule has 5 nitrogen and oxygen atoms in total. The molecule has 5 heteroatoms. The molecule has 19 heavy (non-hydrogen) atoms. The number of nitrogens with zero attached hydrogens (tertiary/aromatic N) is 2. The summed E-state index contributed by atoms with van der Waals surface area (Å²) in [7, 11) is 1.96. The van der Waals surface area contributed by atoms with E-state index >= 15 is 0 Å². The molecule has 0 atom stereocenters. The maximum absolute atomic E-state index is 12.1. The largest absolute Gasteiger partial charge is 0.481 e. The number of aliphatic carboxylic acids is 1. The third kappa shape index (κ3) is 5.59. The molecule has 0 bridgehead atoms. The van der Waals surface area contributed by atoms with E-state index in [2.05, 4.69) is 13.8 Å². The number of piperidine rings is 1. The number of carbonyl (C=O) groups excluding carboxylic acids is 1. The minimum absolute atomic E-state index is 0.120. The summed E-state index contributed by atoms with van der Waals surface area (Å²) in [5, 5.41) is 8.92. The van der Waals surface area contributed by atoms with E-state index in [9.17, 15) is 9.59 Å². The lowest BCUT2D eigenvalue weighted by Crippen LogP contribution is -2.44. The minimum atomic E-state index is -0.735. The zero-order valence-electron chi connectivity index (χ0n) is 12.3. The number of hydrogen-bond acceptors (Lipinski definition) is 3. The van der Waals surface area contributed by atoms with Gasteiger partial charge in [-0.15, -0.1) is 0 Å². The number of likely N-dealkylation sites (N-methyl/N-ethyl adjacent to an activating group) is 1. The molecule has 1 rings (SSSR count). The molecule has 1 N–H and O–H groups in total. The van der Waals surface area contributed by atoms with Gasteiger partial charge in [0.15, 0.2) is 0 Å². The Morgan fingerprint density at radius 1 is 1.32 bits per heavy atom. The average molecular weight is 270 g/mol. The summed E-state index contributed by atoms with van der Waals surface area (Å²) in [5.41, 5.74) is 0. The SMILES string of the molecule is CC(C)CCN(C)CC(=O)N1CCC(C(=O)O)CC1. The normalized spacial score (nSPS) is 17.2. The molecule has 1 amide bonds. The molecule has 0 aromatic heterocycles. The molecule has 0 aromatic rings. The predicted molar refractivity (Wildman–Crippen MR) is 73.9 cm³/mol. The Morgan fingerprint density at radius 3 is 2.37 bits per heavy atom. The molecule has 0 spiro atoms. The van der Waals surface area contributed by atoms with Crippen molar-refractivity contribution in [2.24, 2.45) is 11.8 Å². The third-order valence-electron chi connectivity index (χ3n) is 3.69. The van der Waals surface area contributed by atoms with Gasteiger partial charge in [0.2, 0.25) is 5.91 Å². The summed E-state index contributed by atoms with van der Waals surface area (Å²) in [4.78, 5) is 26.8. The molecule has 110 valence electrons. The van der Waals surface area contributed by atoms with Crippen LogP contribution >= 0.6 is 0 Å². The van der Waals surface area contributed by atoms with Gasteiger partial charge in [-0.1, -0.05) is 13.8 Å². The van der Waals surface area contributed by atoms with Crippen LogP contribution in [-0.2, 0) is 9.59 Å². The summed E-state index contributed by atoms with van der Waals surface area (Å²) in [6.45, 7) is 6.86. The van der Waals surface area contributed by atoms with Gasteiger partial charge in [-0.05, 0) is 38.8 Å². The number of hydrogen-bond donors (Lipinski definition) is 1. The van der Waals surface area contributed by atoms with Crippen LogP contribution in [-0.4, -0.2) is 60.0 Å². The number of rotatable bonds is 6. The van der Waals surface area contributed by atoms with E-state index < -0.39 is 5.97 Å². The van der Waals surface area contributed by atoms with E-state index in [1.807, 2.05) is 11.9 Å². The molecule has 1 aliphatic heterocycles. The standard InChI is InChI=1S/C14H26N2O3/c1-11(2)4-7-15(3)10-13(17)16-8-5-12(6-9-16)14(18)19/h11-12H,4-10H2,1-3H3,(H,18,19). The smallest absolute Gasteiger partial charge is 0.306 e. The Balaban J connectivity index is 2.29. The van der Waals surface area contributed by atoms with E-state index in [4.69, 9.17) is 5.11 Å². The Morgan fingerprint density at radius 2 is 1.89 bits per heavy atom. The summed E-state index contributed by atoms with van der Waals surface area (Å²) >= 11 is 0. The fraction of sp³-hybridized carbons (Fsp3) is 0.857. The lowest BCUT2D eigenvalue weighted by Gasteiger charge is -2.31. The van der Waals surface area contributed by atoms with Gasteiger partial charge in [0.1, 0.15) is 0 Å². The van der Waals surface area contributed by atoms with Crippen molar-refractivity contribution < 1.29 is 14.7 Å². The molecule has 0 aromatic carbocycles. The molecule has 1 aliphatic rings. The molecule has 0 saturated carbocycles. The van der Waals surface area contributed by atoms with Crippen LogP contribution in [0.2, 0.25) is 0 Å². The van der Waals surface area contributed by atoms with E-state index in [0.29, 0.717) is 38.4 Å². The monoisotopic (exact) mass is 270 g/mol. The lowest BCUT2D eigenvalue weighted by atomic mass is 9.97. The van der Waals surface area contributed by atoms with Crippen molar-refractivity contribution in [3.05, 3.63) is 0 Å². The van der Waals surface area contributed by atoms with Crippen LogP contribution in [0.25, 0.3) is 0 Å². The highest BCUT2D eigenvalue weighted by Crippen LogP contribution is 2.17. The molecule has 0 radical (unpaired) electrons. The lowest BCUT2D eigenvalue weighted by molar-refractivity contribution is -0.145. The Hall–Kier alpha value is -1.10. The summed E-state index contributed by atoms with van der Waals surface area (Å²) in [6, 6.07) is 0. The number of amides is 1. The van der Waals surface area contributed by atoms with Crippen molar-refractivity contribution in [1.82, 2.24) is 9.80 Å². The maximum Gasteiger partial charge on any atom is 0.306 e. The van der Waals surface area contributed by atoms with Gasteiger partial charge in [0.25, 0.3) is 0 Å². The quantitative estimate of drug-likeness (QED) is 0.790. The number of carbonyl (C=O) groups is 2. The van der Waals surface area contributed by atoms with Crippen molar-refractivity contribution in [3.63, 3.8) is 0 Å². The second-order valence-electron chi connectivity index (χ2n) is 5.91. The van der Waals surface area contributed by atoms with Crippen molar-refractivity contribution in [2.75, 3.05) is 33.2 Å². The molecular weight excluding hydrogens is 244 g/mol. The van der Waals surface area contributed by atoms with Crippen LogP contribution in [0.4, 0.5) is 0 Å². The maximum atomic E-state index is 12.1. The van der Waals surface area contributed by atoms with Crippen LogP contribution in [0.15, 0.2) is 0 Å². The van der Waals surface area contributed by atoms with Crippen molar-refractivity contribution in [2.45, 2.75) is 33.1 Å². The van der Waals surface area contributed by atoms with Crippen LogP contribution in [0.3, 0.4) is 0 Å². The Bertz CT molecular complexity index is 310. The van der Waals surface area contributed by atoms with Gasteiger partial charge in [-0.3, -0.25) is 14.5 Å². The second kappa shape index (κ2) is 7.48. The van der Waals surface area contributed by atoms with Crippen LogP contribution in [0, 0.1) is 11.8 Å². The molecule has 1 saturated heterocycles. The van der Waals surface area contributed by atoms with E-state index in [0.717, 1.165) is 13.0 Å². The van der Waals surface area contributed by atoms with Crippen molar-refractivity contribution >= 4 is 11.9 Å². The molecule has 0 unspecified atom stereocenters. The van der Waals surface area contributed by atoms with Crippen LogP contribution in [0.1, 0.15) is 33.1 Å². The highest BCUT2D eigenvalue weighted by molar-refractivity contribution is 5.78. The fourth-order valence-electron chi connectivity index (χ4n) is 2.26. The first kappa shape index (κ1) is 16.0. The van der Waals surface area contributed by atoms with Gasteiger partial charge in [0.05, 0.1) is 12.5 Å². The summed E-state index contributed by atoms with van der Waals surface area (Å²) < 4.78 is 0. The fourth-order valence-corrected chi connectivity index (χ4v) is 2.26. The van der Waals surface area contributed by atoms with E-state index in [-0.39, 0.29) is 11.8 Å². The van der Waals surface area contributed by atoms with Gasteiger partial charge < -0.3 is 10.0 Å². The Kier molecular flexibility index (Phi) is 6.28. The summed E-state index contributed by atoms with van der Waals surface area (Å²) in [5.74, 6) is -0.247. The first-order valence-electron chi connectivity index (χ1n) is 7.09. The van der Waals surface area contributed by atoms with E-state index in [1.54, 1.807) is 4.90 Å². The topological polar surface area (TPSA) is 60.9 Å². The third-order valence-corrected chi connectivity index (χ3v) is 3.69. The van der Waals surface area contributed by atoms with Gasteiger partial charge in [0, 0.05) is 13.1 Å². The highest BCUT2D eigenvalue weighted by atomic mass is 16.4. The van der Waals surface area contributed by atoms with Crippen LogP contribution in [0.5, 0.6) is 0 Å². The van der Waals surface area contributed by atoms with Gasteiger partial charge >= 0.3 is 5.97 Å². The van der Waals surface area contributed by atoms with Gasteiger partial charge in [-0.25, -0.2) is 0 Å². The molecule has 0 aliphatic carbocycles. The minimum Gasteiger partial charge on any atom is -0.481 e. The number of carboxylic acids is 1. The summed E-state index contributed by atoms with van der Waals surface area (Å²) in [6.07, 6.45) is 2.25. The number of likely N-dealkylation sites (tertiary alicyclic amines) is 1. The zero-order chi connectivity index (χ0) is 14.4. The van der Waals surface area contributed by atoms with E-state index in [1.165, 1.54) is 0 Å². The second-order valence-corrected chi connectivity index (χ2v) is 5.91. The van der Waals surface area contributed by atoms with Gasteiger partial charge in [-0.2, -0.15) is 0 Å².